The second kappa shape index (κ2) is 12.0. The van der Waals surface area contributed by atoms with Crippen molar-refractivity contribution in [3.05, 3.63) is 71.5 Å². The number of fused-ring (bicyclic) bond motifs is 1. The van der Waals surface area contributed by atoms with Crippen molar-refractivity contribution in [2.45, 2.75) is 46.1 Å². The van der Waals surface area contributed by atoms with Gasteiger partial charge in [-0.05, 0) is 52.7 Å². The third kappa shape index (κ3) is 6.46. The highest BCUT2D eigenvalue weighted by atomic mass is 16.6. The van der Waals surface area contributed by atoms with E-state index in [4.69, 9.17) is 14.7 Å². The fraction of sp³-hybridized carbons (Fsp3) is 0.323. The molecule has 0 radical (unpaired) electrons. The molecule has 0 unspecified atom stereocenters. The fourth-order valence-corrected chi connectivity index (χ4v) is 4.35. The van der Waals surface area contributed by atoms with Crippen molar-refractivity contribution in [2.24, 2.45) is 0 Å². The van der Waals surface area contributed by atoms with Crippen LogP contribution in [0, 0.1) is 18.3 Å². The Kier molecular flexibility index (Phi) is 8.49. The second-order valence-corrected chi connectivity index (χ2v) is 10.5. The number of rotatable bonds is 4. The smallest absolute Gasteiger partial charge is 0.410 e. The average molecular weight is 540 g/mol. The van der Waals surface area contributed by atoms with Crippen molar-refractivity contribution in [3.8, 4) is 34.5 Å². The molecule has 1 fully saturated rings. The normalized spacial score (nSPS) is 12.8. The van der Waals surface area contributed by atoms with Gasteiger partial charge in [-0.1, -0.05) is 42.0 Å². The van der Waals surface area contributed by atoms with Crippen molar-refractivity contribution in [1.82, 2.24) is 19.3 Å². The van der Waals surface area contributed by atoms with Crippen molar-refractivity contribution in [3.63, 3.8) is 0 Å². The summed E-state index contributed by atoms with van der Waals surface area (Å²) in [4.78, 5) is 33.5. The van der Waals surface area contributed by atoms with E-state index in [1.54, 1.807) is 23.2 Å². The molecular weight excluding hydrogens is 506 g/mol. The average Bonchev–Trinajstić information content (AvgIpc) is 3.63. The van der Waals surface area contributed by atoms with Gasteiger partial charge in [0.25, 0.3) is 5.88 Å². The van der Waals surface area contributed by atoms with Gasteiger partial charge in [-0.15, -0.1) is 0 Å². The Labute approximate surface area is 234 Å². The van der Waals surface area contributed by atoms with Gasteiger partial charge in [-0.25, -0.2) is 14.8 Å². The molecule has 1 amide bonds. The minimum absolute atomic E-state index is 0.167. The van der Waals surface area contributed by atoms with Gasteiger partial charge in [0.15, 0.2) is 6.29 Å². The van der Waals surface area contributed by atoms with Crippen LogP contribution in [0.2, 0.25) is 0 Å². The highest BCUT2D eigenvalue weighted by Gasteiger charge is 2.24. The zero-order valence-corrected chi connectivity index (χ0v) is 23.5. The Morgan fingerprint density at radius 1 is 1.00 bits per heavy atom. The molecule has 5 rings (SSSR count). The molecule has 9 nitrogen and oxygen atoms in total. The van der Waals surface area contributed by atoms with E-state index in [1.807, 2.05) is 68.5 Å². The summed E-state index contributed by atoms with van der Waals surface area (Å²) in [6, 6.07) is 17.4. The Balaban J connectivity index is 0.000000259. The largest absolute Gasteiger partial charge is 0.478 e. The number of hydrogen-bond donors (Lipinski definition) is 0. The van der Waals surface area contributed by atoms with E-state index in [-0.39, 0.29) is 11.7 Å². The minimum atomic E-state index is -0.361. The number of benzene rings is 2. The lowest BCUT2D eigenvalue weighted by molar-refractivity contribution is 0.0295. The molecule has 0 N–H and O–H groups in total. The SMILES string of the molecule is CC(C)(C)OC(=O)N1CCCC1.COc1nc(-c2ccc(C#N)cc2)c(-c2ccc(C)cc2)n2cc(C=O)nc12. The van der Waals surface area contributed by atoms with Gasteiger partial charge in [0.2, 0.25) is 5.65 Å². The van der Waals surface area contributed by atoms with Crippen LogP contribution in [-0.2, 0) is 4.74 Å². The highest BCUT2D eigenvalue weighted by molar-refractivity contribution is 5.83. The molecule has 0 saturated carbocycles. The maximum Gasteiger partial charge on any atom is 0.410 e. The van der Waals surface area contributed by atoms with Crippen molar-refractivity contribution in [2.75, 3.05) is 20.2 Å². The predicted molar refractivity (Wildman–Crippen MR) is 152 cm³/mol. The van der Waals surface area contributed by atoms with Crippen molar-refractivity contribution < 1.29 is 19.1 Å². The number of aromatic nitrogens is 3. The van der Waals surface area contributed by atoms with Gasteiger partial charge in [0.05, 0.1) is 30.1 Å². The Bertz CT molecular complexity index is 1540. The monoisotopic (exact) mass is 539 g/mol. The van der Waals surface area contributed by atoms with E-state index in [9.17, 15) is 9.59 Å². The first-order chi connectivity index (χ1) is 19.1. The quantitative estimate of drug-likeness (QED) is 0.289. The molecule has 0 bridgehead atoms. The summed E-state index contributed by atoms with van der Waals surface area (Å²) in [6.45, 7) is 9.40. The van der Waals surface area contributed by atoms with Crippen LogP contribution < -0.4 is 4.74 Å². The molecule has 1 saturated heterocycles. The second-order valence-electron chi connectivity index (χ2n) is 10.5. The zero-order valence-electron chi connectivity index (χ0n) is 23.5. The first-order valence-electron chi connectivity index (χ1n) is 13.1. The zero-order chi connectivity index (χ0) is 28.9. The van der Waals surface area contributed by atoms with Crippen LogP contribution in [0.15, 0.2) is 54.7 Å². The number of hydrogen-bond acceptors (Lipinski definition) is 7. The molecule has 4 aromatic rings. The Morgan fingerprint density at radius 3 is 2.17 bits per heavy atom. The molecule has 2 aromatic carbocycles. The van der Waals surface area contributed by atoms with Crippen LogP contribution in [0.3, 0.4) is 0 Å². The van der Waals surface area contributed by atoms with Crippen LogP contribution in [0.4, 0.5) is 4.79 Å². The number of imidazole rings is 1. The summed E-state index contributed by atoms with van der Waals surface area (Å²) in [5, 5.41) is 9.08. The summed E-state index contributed by atoms with van der Waals surface area (Å²) in [6.07, 6.45) is 4.43. The first kappa shape index (κ1) is 28.3. The number of carbonyl (C=O) groups excluding carboxylic acids is 2. The van der Waals surface area contributed by atoms with E-state index in [0.29, 0.717) is 34.8 Å². The molecule has 1 aliphatic heterocycles. The number of nitriles is 1. The standard InChI is InChI=1S/C22H16N4O2.C9H17NO2/c1-14-3-7-17(8-4-14)20-19(16-9-5-15(11-23)6-10-16)25-22(28-2)21-24-18(13-27)12-26(20)21;1-9(2,3)12-8(11)10-6-4-5-7-10/h3-10,12-13H,1-2H3;4-7H2,1-3H3. The van der Waals surface area contributed by atoms with E-state index in [1.165, 1.54) is 7.11 Å². The van der Waals surface area contributed by atoms with Crippen LogP contribution in [0.1, 0.15) is 55.2 Å². The Morgan fingerprint density at radius 2 is 1.62 bits per heavy atom. The Hall–Kier alpha value is -4.71. The lowest BCUT2D eigenvalue weighted by Gasteiger charge is -2.23. The molecular formula is C31H33N5O4. The number of ether oxygens (including phenoxy) is 2. The number of nitrogens with zero attached hydrogens (tertiary/aromatic N) is 5. The molecule has 40 heavy (non-hydrogen) atoms. The van der Waals surface area contributed by atoms with Gasteiger partial charge in [-0.2, -0.15) is 5.26 Å². The van der Waals surface area contributed by atoms with E-state index < -0.39 is 0 Å². The number of likely N-dealkylation sites (tertiary alicyclic amines) is 1. The highest BCUT2D eigenvalue weighted by Crippen LogP contribution is 2.35. The maximum absolute atomic E-state index is 11.4. The summed E-state index contributed by atoms with van der Waals surface area (Å²) in [5.74, 6) is 0.323. The third-order valence-corrected chi connectivity index (χ3v) is 6.28. The lowest BCUT2D eigenvalue weighted by atomic mass is 10.0. The minimum Gasteiger partial charge on any atom is -0.478 e. The topological polar surface area (TPSA) is 110 Å². The molecule has 0 aliphatic carbocycles. The number of carbonyl (C=O) groups is 2. The number of methoxy groups -OCH3 is 1. The summed E-state index contributed by atoms with van der Waals surface area (Å²) < 4.78 is 12.5. The third-order valence-electron chi connectivity index (χ3n) is 6.28. The number of aldehydes is 1. The molecule has 206 valence electrons. The van der Waals surface area contributed by atoms with E-state index >= 15 is 0 Å². The van der Waals surface area contributed by atoms with E-state index in [0.717, 1.165) is 48.3 Å². The summed E-state index contributed by atoms with van der Waals surface area (Å²) in [7, 11) is 1.52. The molecule has 3 heterocycles. The van der Waals surface area contributed by atoms with Gasteiger partial charge in [-0.3, -0.25) is 9.20 Å². The lowest BCUT2D eigenvalue weighted by Crippen LogP contribution is -2.34. The van der Waals surface area contributed by atoms with Gasteiger partial charge in [0.1, 0.15) is 11.3 Å². The molecule has 2 aromatic heterocycles. The van der Waals surface area contributed by atoms with Crippen molar-refractivity contribution in [1.29, 1.82) is 5.26 Å². The van der Waals surface area contributed by atoms with Crippen molar-refractivity contribution >= 4 is 18.0 Å². The summed E-state index contributed by atoms with van der Waals surface area (Å²) >= 11 is 0. The van der Waals surface area contributed by atoms with Gasteiger partial charge < -0.3 is 14.4 Å². The summed E-state index contributed by atoms with van der Waals surface area (Å²) in [5.41, 5.74) is 5.34. The van der Waals surface area contributed by atoms with Crippen LogP contribution in [0.5, 0.6) is 5.88 Å². The van der Waals surface area contributed by atoms with Crippen LogP contribution in [-0.4, -0.2) is 57.4 Å². The molecule has 0 atom stereocenters. The number of aryl methyl sites for hydroxylation is 1. The maximum atomic E-state index is 11.4. The fourth-order valence-electron chi connectivity index (χ4n) is 4.35. The van der Waals surface area contributed by atoms with Gasteiger partial charge in [0, 0.05) is 30.4 Å². The van der Waals surface area contributed by atoms with Crippen LogP contribution >= 0.6 is 0 Å². The van der Waals surface area contributed by atoms with Crippen LogP contribution in [0.25, 0.3) is 28.2 Å². The van der Waals surface area contributed by atoms with Gasteiger partial charge >= 0.3 is 6.09 Å². The predicted octanol–water partition coefficient (Wildman–Crippen LogP) is 6.08. The first-order valence-corrected chi connectivity index (χ1v) is 13.1. The molecule has 0 spiro atoms. The number of amides is 1. The molecule has 1 aliphatic rings. The van der Waals surface area contributed by atoms with E-state index in [2.05, 4.69) is 16.0 Å². The molecule has 9 heteroatoms.